The largest absolute Gasteiger partial charge is 0.466 e. The molecule has 0 aliphatic rings. The Morgan fingerprint density at radius 1 is 1.67 bits per heavy atom. The van der Waals surface area contributed by atoms with E-state index in [4.69, 9.17) is 2.74 Å². The first-order valence-electron chi connectivity index (χ1n) is 3.61. The lowest BCUT2D eigenvalue weighted by atomic mass is 10.3. The van der Waals surface area contributed by atoms with E-state index in [1.807, 2.05) is 0 Å². The molecule has 0 heterocycles. The molecule has 0 aromatic heterocycles. The Morgan fingerprint density at radius 2 is 2.22 bits per heavy atom. The summed E-state index contributed by atoms with van der Waals surface area (Å²) in [6.07, 6.45) is -2.49. The lowest BCUT2D eigenvalue weighted by Crippen LogP contribution is -2.07. The van der Waals surface area contributed by atoms with Crippen LogP contribution in [0.4, 0.5) is 0 Å². The van der Waals surface area contributed by atoms with Gasteiger partial charge in [-0.3, -0.25) is 9.59 Å². The second-order valence-corrected chi connectivity index (χ2v) is 1.40. The average molecular weight is 132 g/mol. The molecular formula is C6H10O3. The Bertz CT molecular complexity index is 177. The van der Waals surface area contributed by atoms with Crippen LogP contribution in [0, 0.1) is 0 Å². The van der Waals surface area contributed by atoms with Gasteiger partial charge in [0, 0.05) is 2.74 Å². The SMILES string of the molecule is [2H]C([2H])(C(C)=O)C(=O)OCC. The van der Waals surface area contributed by atoms with Crippen LogP contribution in [0.3, 0.4) is 0 Å². The van der Waals surface area contributed by atoms with Gasteiger partial charge in [0.25, 0.3) is 0 Å². The fourth-order valence-corrected chi connectivity index (χ4v) is 0.311. The van der Waals surface area contributed by atoms with Crippen molar-refractivity contribution in [3.63, 3.8) is 0 Å². The molecule has 0 bridgehead atoms. The summed E-state index contributed by atoms with van der Waals surface area (Å²) >= 11 is 0. The van der Waals surface area contributed by atoms with Crippen molar-refractivity contribution in [3.8, 4) is 0 Å². The summed E-state index contributed by atoms with van der Waals surface area (Å²) in [7, 11) is 0. The molecule has 0 amide bonds. The fraction of sp³-hybridized carbons (Fsp3) is 0.667. The second kappa shape index (κ2) is 4.06. The Kier molecular flexibility index (Phi) is 2.24. The summed E-state index contributed by atoms with van der Waals surface area (Å²) in [4.78, 5) is 21.2. The van der Waals surface area contributed by atoms with E-state index < -0.39 is 18.1 Å². The van der Waals surface area contributed by atoms with Crippen LogP contribution in [0.5, 0.6) is 0 Å². The van der Waals surface area contributed by atoms with Crippen molar-refractivity contribution in [1.82, 2.24) is 0 Å². The lowest BCUT2D eigenvalue weighted by molar-refractivity contribution is -0.145. The molecule has 0 saturated heterocycles. The van der Waals surface area contributed by atoms with Crippen molar-refractivity contribution in [1.29, 1.82) is 0 Å². The minimum Gasteiger partial charge on any atom is -0.466 e. The summed E-state index contributed by atoms with van der Waals surface area (Å²) in [5.74, 6) is -1.96. The van der Waals surface area contributed by atoms with Gasteiger partial charge in [0.15, 0.2) is 0 Å². The number of ketones is 1. The van der Waals surface area contributed by atoms with Gasteiger partial charge < -0.3 is 4.74 Å². The van der Waals surface area contributed by atoms with Gasteiger partial charge in [-0.15, -0.1) is 0 Å². The lowest BCUT2D eigenvalue weighted by Gasteiger charge is -1.96. The van der Waals surface area contributed by atoms with Crippen LogP contribution in [0.2, 0.25) is 0 Å². The van der Waals surface area contributed by atoms with Gasteiger partial charge in [-0.1, -0.05) is 0 Å². The second-order valence-electron chi connectivity index (χ2n) is 1.40. The predicted octanol–water partition coefficient (Wildman–Crippen LogP) is 0.529. The smallest absolute Gasteiger partial charge is 0.313 e. The predicted molar refractivity (Wildman–Crippen MR) is 31.9 cm³/mol. The average Bonchev–Trinajstić information content (AvgIpc) is 1.88. The van der Waals surface area contributed by atoms with Crippen LogP contribution in [0.15, 0.2) is 0 Å². The number of esters is 1. The Balaban J connectivity index is 4.30. The Morgan fingerprint density at radius 3 is 2.56 bits per heavy atom. The zero-order valence-electron chi connectivity index (χ0n) is 7.43. The van der Waals surface area contributed by atoms with E-state index in [2.05, 4.69) is 4.74 Å². The summed E-state index contributed by atoms with van der Waals surface area (Å²) in [6.45, 7) is 2.64. The molecule has 0 rings (SSSR count). The van der Waals surface area contributed by atoms with Crippen LogP contribution in [0.1, 0.15) is 23.0 Å². The van der Waals surface area contributed by atoms with Crippen molar-refractivity contribution >= 4 is 11.8 Å². The molecule has 0 spiro atoms. The van der Waals surface area contributed by atoms with Gasteiger partial charge in [-0.2, -0.15) is 0 Å². The zero-order chi connectivity index (χ0) is 9.07. The van der Waals surface area contributed by atoms with E-state index in [1.54, 1.807) is 6.92 Å². The van der Waals surface area contributed by atoms with Gasteiger partial charge in [0.05, 0.1) is 6.61 Å². The van der Waals surface area contributed by atoms with Crippen molar-refractivity contribution in [2.45, 2.75) is 20.2 Å². The minimum absolute atomic E-state index is 0.0750. The summed E-state index contributed by atoms with van der Waals surface area (Å²) in [5, 5.41) is 0. The van der Waals surface area contributed by atoms with Crippen LogP contribution in [-0.2, 0) is 14.3 Å². The first kappa shape index (κ1) is 4.97. The normalized spacial score (nSPS) is 13.6. The molecule has 52 valence electrons. The molecule has 0 aliphatic heterocycles. The first-order valence-corrected chi connectivity index (χ1v) is 2.61. The van der Waals surface area contributed by atoms with E-state index in [1.165, 1.54) is 0 Å². The first-order chi connectivity index (χ1) is 4.92. The van der Waals surface area contributed by atoms with Gasteiger partial charge in [0.2, 0.25) is 0 Å². The monoisotopic (exact) mass is 132 g/mol. The molecule has 9 heavy (non-hydrogen) atoms. The maximum Gasteiger partial charge on any atom is 0.313 e. The number of carbonyl (C=O) groups excluding carboxylic acids is 2. The molecule has 0 atom stereocenters. The number of rotatable bonds is 3. The standard InChI is InChI=1S/C6H10O3/c1-3-9-6(8)4-5(2)7/h3-4H2,1-2H3/i4D2. The van der Waals surface area contributed by atoms with E-state index >= 15 is 0 Å². The molecule has 0 radical (unpaired) electrons. The van der Waals surface area contributed by atoms with Crippen molar-refractivity contribution in [2.75, 3.05) is 6.61 Å². The van der Waals surface area contributed by atoms with E-state index in [0.717, 1.165) is 6.92 Å². The molecule has 0 aliphatic carbocycles. The van der Waals surface area contributed by atoms with Gasteiger partial charge in [-0.25, -0.2) is 0 Å². The Labute approximate surface area is 56.8 Å². The third kappa shape index (κ3) is 5.00. The molecule has 0 unspecified atom stereocenters. The van der Waals surface area contributed by atoms with Crippen molar-refractivity contribution < 1.29 is 17.1 Å². The molecular weight excluding hydrogens is 120 g/mol. The molecule has 0 saturated carbocycles. The maximum atomic E-state index is 10.7. The fourth-order valence-electron chi connectivity index (χ4n) is 0.311. The van der Waals surface area contributed by atoms with Gasteiger partial charge >= 0.3 is 5.97 Å². The van der Waals surface area contributed by atoms with Crippen LogP contribution in [-0.4, -0.2) is 18.4 Å². The highest BCUT2D eigenvalue weighted by Crippen LogP contribution is 1.86. The molecule has 0 fully saturated rings. The molecule has 3 nitrogen and oxygen atoms in total. The summed E-state index contributed by atoms with van der Waals surface area (Å²) in [6, 6.07) is 0. The minimum atomic E-state index is -2.49. The van der Waals surface area contributed by atoms with E-state index in [0.29, 0.717) is 0 Å². The van der Waals surface area contributed by atoms with Crippen LogP contribution < -0.4 is 0 Å². The van der Waals surface area contributed by atoms with Crippen molar-refractivity contribution in [2.24, 2.45) is 0 Å². The quantitative estimate of drug-likeness (QED) is 0.415. The van der Waals surface area contributed by atoms with Crippen molar-refractivity contribution in [3.05, 3.63) is 0 Å². The maximum absolute atomic E-state index is 10.7. The topological polar surface area (TPSA) is 43.4 Å². The highest BCUT2D eigenvalue weighted by Gasteiger charge is 2.03. The van der Waals surface area contributed by atoms with E-state index in [-0.39, 0.29) is 6.61 Å². The summed E-state index contributed by atoms with van der Waals surface area (Å²) < 4.78 is 18.2. The molecule has 0 N–H and O–H groups in total. The van der Waals surface area contributed by atoms with Crippen LogP contribution in [0.25, 0.3) is 0 Å². The highest BCUT2D eigenvalue weighted by molar-refractivity contribution is 5.94. The zero-order valence-corrected chi connectivity index (χ0v) is 5.43. The number of hydrogen-bond acceptors (Lipinski definition) is 3. The molecule has 0 aromatic rings. The van der Waals surface area contributed by atoms with Crippen LogP contribution >= 0.6 is 0 Å². The number of Topliss-reactive ketones (excluding diaryl/α,β-unsaturated/α-hetero) is 1. The highest BCUT2D eigenvalue weighted by atomic mass is 16.5. The third-order valence-electron chi connectivity index (χ3n) is 0.554. The molecule has 0 aromatic carbocycles. The Hall–Kier alpha value is -0.860. The van der Waals surface area contributed by atoms with Gasteiger partial charge in [-0.05, 0) is 13.8 Å². The molecule has 3 heteroatoms. The van der Waals surface area contributed by atoms with Gasteiger partial charge in [0.1, 0.15) is 12.2 Å². The van der Waals surface area contributed by atoms with E-state index in [9.17, 15) is 9.59 Å². The third-order valence-corrected chi connectivity index (χ3v) is 0.554. The number of hydrogen-bond donors (Lipinski definition) is 0. The summed E-state index contributed by atoms with van der Waals surface area (Å²) in [5.41, 5.74) is 0. The number of ether oxygens (including phenoxy) is 1. The number of carbonyl (C=O) groups is 2.